The Labute approximate surface area is 218 Å². The number of halogens is 2. The number of aliphatic hydroxyl groups is 1. The Hall–Kier alpha value is -3.81. The molecule has 0 saturated heterocycles. The highest BCUT2D eigenvalue weighted by Crippen LogP contribution is 2.45. The van der Waals surface area contributed by atoms with Crippen LogP contribution in [0.15, 0.2) is 93.1 Å². The first kappa shape index (κ1) is 22.6. The second-order valence-electron chi connectivity index (χ2n) is 8.68. The van der Waals surface area contributed by atoms with Crippen molar-refractivity contribution in [3.8, 4) is 0 Å². The van der Waals surface area contributed by atoms with Crippen molar-refractivity contribution in [2.45, 2.75) is 13.0 Å². The van der Waals surface area contributed by atoms with Gasteiger partial charge in [-0.25, -0.2) is 0 Å². The summed E-state index contributed by atoms with van der Waals surface area (Å²) in [5.74, 6) is -1.84. The molecule has 3 aromatic carbocycles. The molecule has 1 aliphatic heterocycles. The number of rotatable bonds is 4. The summed E-state index contributed by atoms with van der Waals surface area (Å²) in [6.07, 6.45) is 1.76. The summed E-state index contributed by atoms with van der Waals surface area (Å²) in [5, 5.41) is 13.1. The fraction of sp³-hybridized carbons (Fsp3) is 0.0714. The maximum atomic E-state index is 13.9. The lowest BCUT2D eigenvalue weighted by Gasteiger charge is -2.26. The molecule has 2 N–H and O–H groups in total. The number of benzene rings is 3. The molecule has 36 heavy (non-hydrogen) atoms. The van der Waals surface area contributed by atoms with Crippen LogP contribution < -0.4 is 4.90 Å². The fourth-order valence-electron chi connectivity index (χ4n) is 4.71. The molecular formula is C28H18BrClN2O4. The van der Waals surface area contributed by atoms with Gasteiger partial charge in [0.2, 0.25) is 5.78 Å². The number of carbonyl (C=O) groups is 2. The molecule has 0 radical (unpaired) electrons. The summed E-state index contributed by atoms with van der Waals surface area (Å²) >= 11 is 9.81. The van der Waals surface area contributed by atoms with Crippen LogP contribution >= 0.6 is 27.5 Å². The number of hydrogen-bond donors (Lipinski definition) is 2. The van der Waals surface area contributed by atoms with Crippen molar-refractivity contribution in [2.24, 2.45) is 0 Å². The third-order valence-electron chi connectivity index (χ3n) is 6.50. The highest BCUT2D eigenvalue weighted by Gasteiger charge is 2.46. The van der Waals surface area contributed by atoms with E-state index in [0.29, 0.717) is 21.9 Å². The minimum atomic E-state index is -0.903. The average molecular weight is 562 g/mol. The van der Waals surface area contributed by atoms with Crippen molar-refractivity contribution < 1.29 is 19.1 Å². The fourth-order valence-corrected chi connectivity index (χ4v) is 5.26. The molecule has 6 rings (SSSR count). The lowest BCUT2D eigenvalue weighted by molar-refractivity contribution is -0.117. The standard InChI is InChI=1S/C28H18BrClN2O4/c1-14-6-8-17(12-20(14)30)32-25(19-13-31-21-5-3-2-4-18(19)21)24(27(34)28(32)35)26(33)23-11-15-10-16(29)7-9-22(15)36-23/h2-13,25,31,34H,1H3. The zero-order valence-corrected chi connectivity index (χ0v) is 21.2. The normalized spacial score (nSPS) is 16.0. The van der Waals surface area contributed by atoms with Gasteiger partial charge in [0, 0.05) is 43.2 Å². The SMILES string of the molecule is Cc1ccc(N2C(=O)C(O)=C(C(=O)c3cc4cc(Br)ccc4o3)C2c2c[nH]c3ccccc23)cc1Cl. The summed E-state index contributed by atoms with van der Waals surface area (Å²) < 4.78 is 6.68. The number of amides is 1. The van der Waals surface area contributed by atoms with E-state index in [9.17, 15) is 14.7 Å². The van der Waals surface area contributed by atoms with Crippen LogP contribution in [-0.2, 0) is 4.79 Å². The number of aryl methyl sites for hydroxylation is 1. The van der Waals surface area contributed by atoms with Crippen molar-refractivity contribution in [1.82, 2.24) is 4.98 Å². The van der Waals surface area contributed by atoms with E-state index in [1.54, 1.807) is 36.5 Å². The van der Waals surface area contributed by atoms with Gasteiger partial charge in [-0.2, -0.15) is 0 Å². The van der Waals surface area contributed by atoms with Gasteiger partial charge in [-0.05, 0) is 55.0 Å². The van der Waals surface area contributed by atoms with Crippen LogP contribution in [0.1, 0.15) is 27.7 Å². The topological polar surface area (TPSA) is 86.5 Å². The monoisotopic (exact) mass is 560 g/mol. The molecule has 1 aliphatic rings. The number of nitrogens with zero attached hydrogens (tertiary/aromatic N) is 1. The number of furan rings is 1. The van der Waals surface area contributed by atoms with Crippen molar-refractivity contribution in [1.29, 1.82) is 0 Å². The molecule has 0 aliphatic carbocycles. The molecule has 3 heterocycles. The smallest absolute Gasteiger partial charge is 0.294 e. The molecule has 178 valence electrons. The number of nitrogens with one attached hydrogen (secondary N) is 1. The molecule has 0 bridgehead atoms. The Balaban J connectivity index is 1.55. The number of H-pyrrole nitrogens is 1. The van der Waals surface area contributed by atoms with Gasteiger partial charge in [-0.3, -0.25) is 14.5 Å². The number of Topliss-reactive ketones (excluding diaryl/α,β-unsaturated/α-hetero) is 1. The van der Waals surface area contributed by atoms with E-state index in [0.717, 1.165) is 26.3 Å². The predicted octanol–water partition coefficient (Wildman–Crippen LogP) is 7.42. The summed E-state index contributed by atoms with van der Waals surface area (Å²) in [6, 6.07) is 18.9. The molecule has 0 fully saturated rings. The van der Waals surface area contributed by atoms with Crippen molar-refractivity contribution in [3.05, 3.63) is 111 Å². The van der Waals surface area contributed by atoms with Crippen LogP contribution in [0.25, 0.3) is 21.9 Å². The Bertz CT molecular complexity index is 1750. The molecule has 1 unspecified atom stereocenters. The van der Waals surface area contributed by atoms with E-state index in [1.165, 1.54) is 4.90 Å². The van der Waals surface area contributed by atoms with Crippen LogP contribution in [0.2, 0.25) is 5.02 Å². The Morgan fingerprint density at radius 2 is 1.92 bits per heavy atom. The average Bonchev–Trinajstić information content (AvgIpc) is 3.55. The van der Waals surface area contributed by atoms with Crippen molar-refractivity contribution in [3.63, 3.8) is 0 Å². The summed E-state index contributed by atoms with van der Waals surface area (Å²) in [5.41, 5.74) is 3.29. The van der Waals surface area contributed by atoms with Crippen molar-refractivity contribution >= 4 is 66.8 Å². The number of carbonyl (C=O) groups excluding carboxylic acids is 2. The van der Waals surface area contributed by atoms with Crippen LogP contribution in [0.4, 0.5) is 5.69 Å². The lowest BCUT2D eigenvalue weighted by Crippen LogP contribution is -2.31. The van der Waals surface area contributed by atoms with Gasteiger partial charge in [0.1, 0.15) is 5.58 Å². The second-order valence-corrected chi connectivity index (χ2v) is 10.0. The van der Waals surface area contributed by atoms with E-state index in [1.807, 2.05) is 43.3 Å². The molecular weight excluding hydrogens is 544 g/mol. The third kappa shape index (κ3) is 3.46. The van der Waals surface area contributed by atoms with Crippen molar-refractivity contribution in [2.75, 3.05) is 4.90 Å². The molecule has 0 spiro atoms. The predicted molar refractivity (Wildman–Crippen MR) is 143 cm³/mol. The number of ketones is 1. The number of anilines is 1. The Morgan fingerprint density at radius 1 is 1.11 bits per heavy atom. The molecule has 1 amide bonds. The first-order chi connectivity index (χ1) is 17.3. The zero-order valence-electron chi connectivity index (χ0n) is 18.9. The third-order valence-corrected chi connectivity index (χ3v) is 7.40. The molecule has 1 atom stereocenters. The molecule has 8 heteroatoms. The van der Waals surface area contributed by atoms with E-state index < -0.39 is 23.5 Å². The highest BCUT2D eigenvalue weighted by atomic mass is 79.9. The summed E-state index contributed by atoms with van der Waals surface area (Å²) in [7, 11) is 0. The van der Waals surface area contributed by atoms with Gasteiger partial charge >= 0.3 is 0 Å². The Kier molecular flexibility index (Phi) is 5.28. The zero-order chi connectivity index (χ0) is 25.1. The number of aliphatic hydroxyl groups excluding tert-OH is 1. The largest absolute Gasteiger partial charge is 0.503 e. The van der Waals surface area contributed by atoms with Gasteiger partial charge in [-0.1, -0.05) is 51.8 Å². The van der Waals surface area contributed by atoms with Gasteiger partial charge in [0.05, 0.1) is 11.6 Å². The number of fused-ring (bicyclic) bond motifs is 2. The second kappa shape index (κ2) is 8.40. The van der Waals surface area contributed by atoms with E-state index in [-0.39, 0.29) is 11.3 Å². The number of aromatic amines is 1. The summed E-state index contributed by atoms with van der Waals surface area (Å²) in [4.78, 5) is 32.0. The van der Waals surface area contributed by atoms with Gasteiger partial charge < -0.3 is 14.5 Å². The van der Waals surface area contributed by atoms with E-state index in [4.69, 9.17) is 16.0 Å². The highest BCUT2D eigenvalue weighted by molar-refractivity contribution is 9.10. The molecule has 2 aromatic heterocycles. The minimum absolute atomic E-state index is 0.0334. The maximum Gasteiger partial charge on any atom is 0.294 e. The quantitative estimate of drug-likeness (QED) is 0.224. The van der Waals surface area contributed by atoms with Crippen LogP contribution in [0, 0.1) is 6.92 Å². The number of para-hydroxylation sites is 1. The van der Waals surface area contributed by atoms with Gasteiger partial charge in [0.15, 0.2) is 11.5 Å². The van der Waals surface area contributed by atoms with Gasteiger partial charge in [0.25, 0.3) is 5.91 Å². The maximum absolute atomic E-state index is 13.9. The molecule has 0 saturated carbocycles. The van der Waals surface area contributed by atoms with E-state index >= 15 is 0 Å². The van der Waals surface area contributed by atoms with Gasteiger partial charge in [-0.15, -0.1) is 0 Å². The number of hydrogen-bond acceptors (Lipinski definition) is 4. The number of aromatic nitrogens is 1. The van der Waals surface area contributed by atoms with Crippen LogP contribution in [0.3, 0.4) is 0 Å². The first-order valence-electron chi connectivity index (χ1n) is 11.2. The lowest BCUT2D eigenvalue weighted by atomic mass is 9.94. The Morgan fingerprint density at radius 3 is 2.72 bits per heavy atom. The molecule has 6 nitrogen and oxygen atoms in total. The first-order valence-corrected chi connectivity index (χ1v) is 12.3. The molecule has 5 aromatic rings. The van der Waals surface area contributed by atoms with Crippen LogP contribution in [0.5, 0.6) is 0 Å². The van der Waals surface area contributed by atoms with Crippen LogP contribution in [-0.4, -0.2) is 21.8 Å². The van der Waals surface area contributed by atoms with E-state index in [2.05, 4.69) is 20.9 Å². The minimum Gasteiger partial charge on any atom is -0.503 e. The summed E-state index contributed by atoms with van der Waals surface area (Å²) in [6.45, 7) is 1.86.